The molecule has 25 nitrogen and oxygen atoms in total. The maximum atomic E-state index is 11.6. The largest absolute Gasteiger partial charge is 0.810 e. The van der Waals surface area contributed by atoms with Crippen molar-refractivity contribution in [2.24, 2.45) is 0 Å². The van der Waals surface area contributed by atoms with Gasteiger partial charge in [0.15, 0.2) is 6.10 Å². The summed E-state index contributed by atoms with van der Waals surface area (Å²) in [6, 6.07) is 0. The van der Waals surface area contributed by atoms with Gasteiger partial charge in [-0.3, -0.25) is 13.4 Å². The summed E-state index contributed by atoms with van der Waals surface area (Å²) in [6.07, 6.45) is -13.9. The lowest BCUT2D eigenvalue weighted by atomic mass is 9.85. The average molecular weight is 880 g/mol. The second-order valence-electron chi connectivity index (χ2n) is 9.29. The van der Waals surface area contributed by atoms with Crippen molar-refractivity contribution >= 4 is 57.2 Å². The third kappa shape index (κ3) is 24.8. The lowest BCUT2D eigenvalue weighted by Crippen LogP contribution is -2.67. The van der Waals surface area contributed by atoms with Gasteiger partial charge in [0.2, 0.25) is 20.8 Å². The zero-order chi connectivity index (χ0) is 38.8. The quantitative estimate of drug-likeness (QED) is 0.0158. The third-order valence-corrected chi connectivity index (χ3v) is 8.90. The summed E-state index contributed by atoms with van der Waals surface area (Å²) in [5.74, 6) is 0. The summed E-state index contributed by atoms with van der Waals surface area (Å²) in [6.45, 7) is 2.73. The summed E-state index contributed by atoms with van der Waals surface area (Å²) in [7, 11) is -18.1. The van der Waals surface area contributed by atoms with E-state index in [0.717, 1.165) is 0 Å². The standard InChI is InChI=1S/C21H40O25P2S4/c1-33-2-3-34-4-5-35-6-7-36-8-9-37-10-11-38-12-13-39-14-15-40-16-20(44-51(27,28)29)18(42-47-49(23)24)17(41-46-22)19(43-48-50(25)26)21(16)45-52(30,31)32/h16-21H,2-15H2,1H3,(H3-4,22,23,24,25,26,27,28,29,30,31,32)/q-4/p-3/t16?,17?,18-,19?,20?,21-/m1/s1. The van der Waals surface area contributed by atoms with E-state index in [9.17, 15) is 49.4 Å². The minimum Gasteiger partial charge on any atom is -0.810 e. The lowest BCUT2D eigenvalue weighted by molar-refractivity contribution is -0.807. The van der Waals surface area contributed by atoms with Gasteiger partial charge in [-0.15, -0.1) is 0 Å². The van der Waals surface area contributed by atoms with Crippen molar-refractivity contribution in [1.82, 2.24) is 0 Å². The highest BCUT2D eigenvalue weighted by atomic mass is 32.5. The Balaban J connectivity index is 2.68. The number of hydrogen-bond donors (Lipinski definition) is 0. The molecule has 0 N–H and O–H groups in total. The monoisotopic (exact) mass is 879 g/mol. The zero-order valence-corrected chi connectivity index (χ0v) is 32.2. The molecule has 0 amide bonds. The molecular weight excluding hydrogens is 842 g/mol. The topological polar surface area (TPSA) is 359 Å². The molecule has 0 aromatic heterocycles. The highest BCUT2D eigenvalue weighted by Gasteiger charge is 2.57. The first-order valence-corrected chi connectivity index (χ1v) is 22.1. The molecule has 0 saturated heterocycles. The fourth-order valence-electron chi connectivity index (χ4n) is 3.95. The molecule has 6 atom stereocenters. The van der Waals surface area contributed by atoms with Gasteiger partial charge in [0.1, 0.15) is 30.5 Å². The Kier molecular flexibility index (Phi) is 28.7. The van der Waals surface area contributed by atoms with E-state index in [0.29, 0.717) is 52.9 Å². The summed E-state index contributed by atoms with van der Waals surface area (Å²) < 4.78 is 175. The van der Waals surface area contributed by atoms with Gasteiger partial charge in [0.25, 0.3) is 0 Å². The molecule has 0 aliphatic heterocycles. The normalized spacial score (nSPS) is 23.0. The molecule has 1 fully saturated rings. The van der Waals surface area contributed by atoms with Gasteiger partial charge >= 0.3 is 0 Å². The molecule has 4 unspecified atom stereocenters. The molecule has 52 heavy (non-hydrogen) atoms. The molecule has 1 rings (SSSR count). The van der Waals surface area contributed by atoms with Crippen LogP contribution < -0.4 is 5.26 Å². The molecule has 1 aliphatic rings. The lowest BCUT2D eigenvalue weighted by Gasteiger charge is -2.48. The summed E-state index contributed by atoms with van der Waals surface area (Å²) in [5.41, 5.74) is 0. The molecule has 0 radical (unpaired) electrons. The fourth-order valence-corrected chi connectivity index (χ4v) is 6.77. The van der Waals surface area contributed by atoms with Crippen LogP contribution in [0.25, 0.3) is 0 Å². The zero-order valence-electron chi connectivity index (χ0n) is 27.1. The molecule has 1 saturated carbocycles. The molecule has 31 heteroatoms. The Hall–Kier alpha value is 0.360. The van der Waals surface area contributed by atoms with Crippen LogP contribution in [0, 0.1) is 0 Å². The summed E-state index contributed by atoms with van der Waals surface area (Å²) in [4.78, 5) is 4.37. The van der Waals surface area contributed by atoms with Crippen molar-refractivity contribution in [1.29, 1.82) is 0 Å². The Morgan fingerprint density at radius 3 is 1.12 bits per heavy atom. The molecule has 312 valence electrons. The SMILES string of the molecule is COCCOCCOCCOCCOCCOCCOCCOC1C(OS(=O)(=O)[O-])[C@H](OP=S([O-])[O-])C(OO[O-])C(OP=S([O-])[O-])[C@@H]1OS(=O)(=O)[O-]. The average Bonchev–Trinajstić information content (AvgIpc) is 3.04. The molecule has 0 aromatic rings. The fraction of sp³-hybridized carbons (Fsp3) is 1.00. The molecule has 0 spiro atoms. The maximum absolute atomic E-state index is 11.6. The van der Waals surface area contributed by atoms with Crippen molar-refractivity contribution in [2.45, 2.75) is 36.6 Å². The molecule has 1 aliphatic carbocycles. The van der Waals surface area contributed by atoms with Crippen molar-refractivity contribution in [3.05, 3.63) is 0 Å². The number of methoxy groups -OCH3 is 1. The van der Waals surface area contributed by atoms with Crippen LogP contribution in [0.3, 0.4) is 0 Å². The molecule has 0 heterocycles. The van der Waals surface area contributed by atoms with Gasteiger partial charge in [-0.2, -0.15) is 0 Å². The third-order valence-electron chi connectivity index (χ3n) is 5.83. The maximum Gasteiger partial charge on any atom is 0.218 e. The summed E-state index contributed by atoms with van der Waals surface area (Å²) in [5, 5.41) is 14.2. The minimum atomic E-state index is -5.78. The van der Waals surface area contributed by atoms with E-state index in [2.05, 4.69) is 18.3 Å². The van der Waals surface area contributed by atoms with E-state index in [1.165, 1.54) is 0 Å². The predicted octanol–water partition coefficient (Wildman–Crippen LogP) is -3.50. The summed E-state index contributed by atoms with van der Waals surface area (Å²) >= 11 is 0. The predicted molar refractivity (Wildman–Crippen MR) is 163 cm³/mol. The van der Waals surface area contributed by atoms with Crippen molar-refractivity contribution in [3.63, 3.8) is 0 Å². The highest BCUT2D eigenvalue weighted by Crippen LogP contribution is 2.38. The van der Waals surface area contributed by atoms with Crippen LogP contribution in [0.2, 0.25) is 0 Å². The molecule has 0 aromatic carbocycles. The van der Waals surface area contributed by atoms with Crippen LogP contribution in [0.1, 0.15) is 0 Å². The second-order valence-corrected chi connectivity index (χ2v) is 15.6. The molecular formula is C21H37O25P2S4-7. The Labute approximate surface area is 307 Å². The number of hydrogen-bond acceptors (Lipinski definition) is 25. The van der Waals surface area contributed by atoms with Crippen molar-refractivity contribution in [2.75, 3.05) is 99.6 Å². The Morgan fingerprint density at radius 1 is 0.500 bits per heavy atom. The Bertz CT molecular complexity index is 1140. The second kappa shape index (κ2) is 29.6. The smallest absolute Gasteiger partial charge is 0.218 e. The van der Waals surface area contributed by atoms with E-state index < -0.39 is 100 Å². The first-order valence-electron chi connectivity index (χ1n) is 14.4. The van der Waals surface area contributed by atoms with Crippen molar-refractivity contribution < 1.29 is 115 Å². The van der Waals surface area contributed by atoms with Crippen molar-refractivity contribution in [3.8, 4) is 0 Å². The van der Waals surface area contributed by atoms with Gasteiger partial charge in [-0.05, 0) is 0 Å². The van der Waals surface area contributed by atoms with Crippen LogP contribution in [0.15, 0.2) is 0 Å². The number of ether oxygens (including phenoxy) is 8. The van der Waals surface area contributed by atoms with Gasteiger partial charge in [-0.25, -0.2) is 21.7 Å². The van der Waals surface area contributed by atoms with Gasteiger partial charge in [0.05, 0.1) is 108 Å². The van der Waals surface area contributed by atoms with E-state index in [1.807, 2.05) is 0 Å². The van der Waals surface area contributed by atoms with Gasteiger partial charge in [0, 0.05) is 7.11 Å². The van der Waals surface area contributed by atoms with Crippen LogP contribution >= 0.6 is 15.2 Å². The van der Waals surface area contributed by atoms with E-state index in [1.54, 1.807) is 7.11 Å². The Morgan fingerprint density at radius 2 is 0.827 bits per heavy atom. The van der Waals surface area contributed by atoms with E-state index >= 15 is 0 Å². The van der Waals surface area contributed by atoms with Crippen LogP contribution in [-0.2, 0) is 107 Å². The van der Waals surface area contributed by atoms with Crippen LogP contribution in [0.5, 0.6) is 0 Å². The van der Waals surface area contributed by atoms with E-state index in [4.69, 9.17) is 46.9 Å². The number of rotatable bonds is 32. The minimum absolute atomic E-state index is 0.0467. The van der Waals surface area contributed by atoms with Crippen LogP contribution in [0.4, 0.5) is 0 Å². The van der Waals surface area contributed by atoms with E-state index in [-0.39, 0.29) is 33.0 Å². The van der Waals surface area contributed by atoms with Crippen LogP contribution in [-0.4, -0.2) is 180 Å². The first-order chi connectivity index (χ1) is 24.7. The van der Waals surface area contributed by atoms with Gasteiger partial charge < -0.3 is 101 Å². The highest BCUT2D eigenvalue weighted by molar-refractivity contribution is 8.12. The first kappa shape index (κ1) is 50.4. The van der Waals surface area contributed by atoms with Gasteiger partial charge in [-0.1, -0.05) is 0 Å². The molecule has 0 bridgehead atoms.